The molecule has 2 aromatic carbocycles. The van der Waals surface area contributed by atoms with Gasteiger partial charge in [0.05, 0.1) is 16.1 Å². The van der Waals surface area contributed by atoms with Crippen LogP contribution in [0.15, 0.2) is 42.5 Å². The Kier molecular flexibility index (Phi) is 7.79. The van der Waals surface area contributed by atoms with Crippen molar-refractivity contribution in [2.45, 2.75) is 26.2 Å². The molecule has 38 heavy (non-hydrogen) atoms. The number of nitro groups is 1. The van der Waals surface area contributed by atoms with Crippen LogP contribution < -0.4 is 4.74 Å². The number of imide groups is 1. The highest BCUT2D eigenvalue weighted by Crippen LogP contribution is 2.27. The fourth-order valence-electron chi connectivity index (χ4n) is 4.55. The van der Waals surface area contributed by atoms with Crippen LogP contribution in [0.2, 0.25) is 0 Å². The van der Waals surface area contributed by atoms with E-state index in [0.29, 0.717) is 38.2 Å². The number of non-ortho nitro benzene ring substituents is 1. The van der Waals surface area contributed by atoms with Crippen LogP contribution in [0.3, 0.4) is 0 Å². The summed E-state index contributed by atoms with van der Waals surface area (Å²) in [6, 6.07) is 9.92. The molecule has 2 heterocycles. The van der Waals surface area contributed by atoms with Crippen molar-refractivity contribution in [1.82, 2.24) is 14.7 Å². The summed E-state index contributed by atoms with van der Waals surface area (Å²) in [5.74, 6) is -1.71. The summed E-state index contributed by atoms with van der Waals surface area (Å²) < 4.78 is 5.05. The average Bonchev–Trinajstić information content (AvgIpc) is 3.04. The van der Waals surface area contributed by atoms with Crippen molar-refractivity contribution in [2.24, 2.45) is 0 Å². The fraction of sp³-hybridized carbons (Fsp3) is 0.346. The van der Waals surface area contributed by atoms with Gasteiger partial charge >= 0.3 is 5.97 Å². The Morgan fingerprint density at radius 2 is 1.66 bits per heavy atom. The number of nitro benzene ring substituents is 1. The third-order valence-corrected chi connectivity index (χ3v) is 6.42. The normalized spacial score (nSPS) is 15.2. The smallest absolute Gasteiger partial charge is 0.308 e. The number of rotatable bonds is 7. The van der Waals surface area contributed by atoms with Gasteiger partial charge in [-0.2, -0.15) is 0 Å². The minimum absolute atomic E-state index is 0.00815. The van der Waals surface area contributed by atoms with E-state index in [1.165, 1.54) is 25.1 Å². The highest BCUT2D eigenvalue weighted by Gasteiger charge is 2.36. The van der Waals surface area contributed by atoms with E-state index in [0.717, 1.165) is 11.0 Å². The Balaban J connectivity index is 1.29. The predicted octanol–water partition coefficient (Wildman–Crippen LogP) is 2.27. The maximum Gasteiger partial charge on any atom is 0.308 e. The first-order valence-electron chi connectivity index (χ1n) is 12.2. The highest BCUT2D eigenvalue weighted by atomic mass is 16.6. The van der Waals surface area contributed by atoms with E-state index < -0.39 is 22.7 Å². The molecule has 4 rings (SSSR count). The zero-order chi connectivity index (χ0) is 27.4. The Hall–Kier alpha value is -4.61. The van der Waals surface area contributed by atoms with Crippen LogP contribution in [0.4, 0.5) is 5.69 Å². The molecule has 198 valence electrons. The summed E-state index contributed by atoms with van der Waals surface area (Å²) in [5, 5.41) is 11.0. The van der Waals surface area contributed by atoms with E-state index in [4.69, 9.17) is 4.74 Å². The first-order chi connectivity index (χ1) is 18.2. The maximum absolute atomic E-state index is 13.0. The number of esters is 1. The van der Waals surface area contributed by atoms with Gasteiger partial charge in [-0.3, -0.25) is 39.0 Å². The molecule has 0 atom stereocenters. The standard InChI is InChI=1S/C26H26N4O8/c1-17(31)38-20-6-2-5-18(15-20)24(33)28-11-4-10-27(13-14-28)23(32)7-3-12-29-25(34)21-9-8-19(30(36)37)16-22(21)26(29)35/h2,5-6,8-9,15-16H,3-4,7,10-14H2,1H3. The first-order valence-corrected chi connectivity index (χ1v) is 12.2. The Morgan fingerprint density at radius 1 is 0.947 bits per heavy atom. The largest absolute Gasteiger partial charge is 0.427 e. The second-order valence-electron chi connectivity index (χ2n) is 9.00. The van der Waals surface area contributed by atoms with Gasteiger partial charge in [0.2, 0.25) is 5.91 Å². The molecule has 4 amide bonds. The highest BCUT2D eigenvalue weighted by molar-refractivity contribution is 6.21. The molecule has 0 aromatic heterocycles. The van der Waals surface area contributed by atoms with Gasteiger partial charge in [0, 0.05) is 63.8 Å². The maximum atomic E-state index is 13.0. The molecule has 1 fully saturated rings. The van der Waals surface area contributed by atoms with Crippen molar-refractivity contribution in [3.63, 3.8) is 0 Å². The van der Waals surface area contributed by atoms with Crippen LogP contribution in [0, 0.1) is 10.1 Å². The van der Waals surface area contributed by atoms with Crippen LogP contribution in [-0.2, 0) is 9.59 Å². The number of carbonyl (C=O) groups is 5. The molecule has 2 aromatic rings. The van der Waals surface area contributed by atoms with E-state index >= 15 is 0 Å². The molecule has 0 saturated carbocycles. The number of carbonyl (C=O) groups excluding carboxylic acids is 5. The molecule has 0 bridgehead atoms. The zero-order valence-corrected chi connectivity index (χ0v) is 20.8. The van der Waals surface area contributed by atoms with E-state index in [1.54, 1.807) is 28.0 Å². The van der Waals surface area contributed by atoms with E-state index in [9.17, 15) is 34.1 Å². The lowest BCUT2D eigenvalue weighted by Gasteiger charge is -2.23. The molecule has 0 unspecified atom stereocenters. The lowest BCUT2D eigenvalue weighted by molar-refractivity contribution is -0.384. The lowest BCUT2D eigenvalue weighted by atomic mass is 10.1. The van der Waals surface area contributed by atoms with E-state index in [1.807, 2.05) is 0 Å². The molecule has 2 aliphatic rings. The Labute approximate surface area is 217 Å². The third-order valence-electron chi connectivity index (χ3n) is 6.42. The van der Waals surface area contributed by atoms with Crippen LogP contribution in [0.1, 0.15) is 57.3 Å². The second-order valence-corrected chi connectivity index (χ2v) is 9.00. The molecular formula is C26H26N4O8. The van der Waals surface area contributed by atoms with Crippen molar-refractivity contribution in [3.05, 3.63) is 69.3 Å². The molecule has 0 N–H and O–H groups in total. The summed E-state index contributed by atoms with van der Waals surface area (Å²) in [6.07, 6.45) is 0.929. The van der Waals surface area contributed by atoms with Gasteiger partial charge in [0.15, 0.2) is 0 Å². The predicted molar refractivity (Wildman–Crippen MR) is 133 cm³/mol. The van der Waals surface area contributed by atoms with Gasteiger partial charge in [0.1, 0.15) is 5.75 Å². The second kappa shape index (κ2) is 11.2. The number of benzene rings is 2. The summed E-state index contributed by atoms with van der Waals surface area (Å²) in [4.78, 5) is 76.9. The van der Waals surface area contributed by atoms with Gasteiger partial charge in [-0.1, -0.05) is 6.07 Å². The lowest BCUT2D eigenvalue weighted by Crippen LogP contribution is -2.38. The number of hydrogen-bond donors (Lipinski definition) is 0. The van der Waals surface area contributed by atoms with Gasteiger partial charge in [0.25, 0.3) is 23.4 Å². The molecule has 2 aliphatic heterocycles. The third kappa shape index (κ3) is 5.69. The number of nitrogens with zero attached hydrogens (tertiary/aromatic N) is 4. The molecule has 0 aliphatic carbocycles. The van der Waals surface area contributed by atoms with E-state index in [2.05, 4.69) is 0 Å². The van der Waals surface area contributed by atoms with Gasteiger partial charge < -0.3 is 14.5 Å². The molecule has 0 radical (unpaired) electrons. The van der Waals surface area contributed by atoms with Crippen LogP contribution >= 0.6 is 0 Å². The molecule has 12 nitrogen and oxygen atoms in total. The summed E-state index contributed by atoms with van der Waals surface area (Å²) in [6.45, 7) is 2.89. The SMILES string of the molecule is CC(=O)Oc1cccc(C(=O)N2CCCN(C(=O)CCCN3C(=O)c4ccc([N+](=O)[O-])cc4C3=O)CC2)c1. The number of ether oxygens (including phenoxy) is 1. The summed E-state index contributed by atoms with van der Waals surface area (Å²) in [7, 11) is 0. The number of amides is 4. The Morgan fingerprint density at radius 3 is 2.39 bits per heavy atom. The van der Waals surface area contributed by atoms with Crippen molar-refractivity contribution in [3.8, 4) is 5.75 Å². The molecule has 1 saturated heterocycles. The van der Waals surface area contributed by atoms with Crippen molar-refractivity contribution in [1.29, 1.82) is 0 Å². The quantitative estimate of drug-likeness (QED) is 0.177. The molecular weight excluding hydrogens is 496 g/mol. The first kappa shape index (κ1) is 26.5. The van der Waals surface area contributed by atoms with Gasteiger partial charge in [-0.25, -0.2) is 0 Å². The van der Waals surface area contributed by atoms with Gasteiger partial charge in [-0.15, -0.1) is 0 Å². The van der Waals surface area contributed by atoms with Crippen LogP contribution in [-0.4, -0.2) is 81.9 Å². The Bertz CT molecular complexity index is 1320. The fourth-order valence-corrected chi connectivity index (χ4v) is 4.55. The van der Waals surface area contributed by atoms with Crippen molar-refractivity contribution in [2.75, 3.05) is 32.7 Å². The molecule has 0 spiro atoms. The summed E-state index contributed by atoms with van der Waals surface area (Å²) in [5.41, 5.74) is 0.219. The van der Waals surface area contributed by atoms with Gasteiger partial charge in [-0.05, 0) is 37.1 Å². The molecule has 12 heteroatoms. The average molecular weight is 523 g/mol. The van der Waals surface area contributed by atoms with Crippen LogP contribution in [0.5, 0.6) is 5.75 Å². The summed E-state index contributed by atoms with van der Waals surface area (Å²) >= 11 is 0. The monoisotopic (exact) mass is 522 g/mol. The van der Waals surface area contributed by atoms with Crippen molar-refractivity contribution < 1.29 is 33.6 Å². The van der Waals surface area contributed by atoms with Crippen LogP contribution in [0.25, 0.3) is 0 Å². The van der Waals surface area contributed by atoms with Crippen molar-refractivity contribution >= 4 is 35.3 Å². The number of hydrogen-bond acceptors (Lipinski definition) is 8. The minimum Gasteiger partial charge on any atom is -0.427 e. The van der Waals surface area contributed by atoms with E-state index in [-0.39, 0.29) is 53.8 Å². The topological polar surface area (TPSA) is 147 Å². The zero-order valence-electron chi connectivity index (χ0n) is 20.8. The minimum atomic E-state index is -0.630. The number of fused-ring (bicyclic) bond motifs is 1.